The van der Waals surface area contributed by atoms with Crippen LogP contribution in [0.5, 0.6) is 6.01 Å². The highest BCUT2D eigenvalue weighted by Crippen LogP contribution is 2.34. The Bertz CT molecular complexity index is 1380. The number of rotatable bonds is 7. The Morgan fingerprint density at radius 3 is 2.11 bits per heavy atom. The largest absolute Gasteiger partial charge is 0.450 e. The number of carbonyl (C=O) groups is 1. The minimum absolute atomic E-state index is 0.00902. The smallest absolute Gasteiger partial charge is 0.416 e. The maximum Gasteiger partial charge on any atom is 0.416 e. The van der Waals surface area contributed by atoms with E-state index in [0.717, 1.165) is 17.7 Å². The lowest BCUT2D eigenvalue weighted by Crippen LogP contribution is -2.23. The molecule has 1 atom stereocenters. The van der Waals surface area contributed by atoms with Gasteiger partial charge in [-0.25, -0.2) is 9.97 Å². The standard InChI is InChI=1S/C26H17Cl3F3N3O2/c27-19-7-3-16(4-8-19)23(21-10-9-20(28)11-22(21)29)37-25-34-13-17(14-35-25)24(36)33-12-15-1-5-18(6-2-15)26(30,31)32/h1-11,13-14,23H,12H2,(H,33,36). The van der Waals surface area contributed by atoms with Gasteiger partial charge in [0.2, 0.25) is 0 Å². The van der Waals surface area contributed by atoms with Crippen molar-refractivity contribution in [1.82, 2.24) is 15.3 Å². The van der Waals surface area contributed by atoms with Gasteiger partial charge in [0.1, 0.15) is 0 Å². The molecule has 0 radical (unpaired) electrons. The predicted molar refractivity (Wildman–Crippen MR) is 135 cm³/mol. The Hall–Kier alpha value is -3.33. The summed E-state index contributed by atoms with van der Waals surface area (Å²) in [5.41, 5.74) is 1.24. The first-order valence-electron chi connectivity index (χ1n) is 10.7. The average molecular weight is 567 g/mol. The highest BCUT2D eigenvalue weighted by Gasteiger charge is 2.30. The molecule has 5 nitrogen and oxygen atoms in total. The highest BCUT2D eigenvalue weighted by molar-refractivity contribution is 6.35. The number of halogens is 6. The second kappa shape index (κ2) is 11.4. The molecule has 0 saturated carbocycles. The van der Waals surface area contributed by atoms with E-state index in [1.54, 1.807) is 42.5 Å². The molecule has 0 aliphatic rings. The molecular weight excluding hydrogens is 550 g/mol. The first-order valence-corrected chi connectivity index (χ1v) is 11.9. The summed E-state index contributed by atoms with van der Waals surface area (Å²) in [4.78, 5) is 20.7. The molecule has 0 fully saturated rings. The summed E-state index contributed by atoms with van der Waals surface area (Å²) in [6.45, 7) is 0.0307. The SMILES string of the molecule is O=C(NCc1ccc(C(F)(F)F)cc1)c1cnc(OC(c2ccc(Cl)cc2)c2ccc(Cl)cc2Cl)nc1. The second-order valence-corrected chi connectivity index (χ2v) is 9.13. The van der Waals surface area contributed by atoms with E-state index in [9.17, 15) is 18.0 Å². The minimum Gasteiger partial charge on any atom is -0.450 e. The Morgan fingerprint density at radius 1 is 0.892 bits per heavy atom. The van der Waals surface area contributed by atoms with E-state index in [1.807, 2.05) is 0 Å². The van der Waals surface area contributed by atoms with Gasteiger partial charge < -0.3 is 10.1 Å². The lowest BCUT2D eigenvalue weighted by Gasteiger charge is -2.20. The summed E-state index contributed by atoms with van der Waals surface area (Å²) < 4.78 is 44.1. The molecule has 4 aromatic rings. The summed E-state index contributed by atoms with van der Waals surface area (Å²) in [6.07, 6.45) is -2.55. The van der Waals surface area contributed by atoms with Crippen molar-refractivity contribution in [1.29, 1.82) is 0 Å². The molecule has 1 heterocycles. The van der Waals surface area contributed by atoms with Crippen LogP contribution in [0.2, 0.25) is 15.1 Å². The lowest BCUT2D eigenvalue weighted by atomic mass is 10.0. The summed E-state index contributed by atoms with van der Waals surface area (Å²) in [5.74, 6) is -0.499. The van der Waals surface area contributed by atoms with Gasteiger partial charge in [0.05, 0.1) is 11.1 Å². The number of benzene rings is 3. The van der Waals surface area contributed by atoms with Crippen LogP contribution in [0.25, 0.3) is 0 Å². The normalized spacial score (nSPS) is 12.2. The summed E-state index contributed by atoms with van der Waals surface area (Å²) in [7, 11) is 0. The van der Waals surface area contributed by atoms with Gasteiger partial charge in [-0.05, 0) is 47.5 Å². The van der Waals surface area contributed by atoms with Gasteiger partial charge >= 0.3 is 12.2 Å². The van der Waals surface area contributed by atoms with E-state index in [-0.39, 0.29) is 18.1 Å². The van der Waals surface area contributed by atoms with Crippen LogP contribution in [-0.2, 0) is 12.7 Å². The first-order chi connectivity index (χ1) is 17.6. The van der Waals surface area contributed by atoms with Crippen LogP contribution in [-0.4, -0.2) is 15.9 Å². The van der Waals surface area contributed by atoms with Crippen LogP contribution in [0.1, 0.15) is 38.7 Å². The van der Waals surface area contributed by atoms with E-state index in [0.29, 0.717) is 26.2 Å². The molecule has 1 N–H and O–H groups in total. The molecule has 0 saturated heterocycles. The summed E-state index contributed by atoms with van der Waals surface area (Å²) in [5, 5.41) is 4.01. The maximum absolute atomic E-state index is 12.7. The molecular formula is C26H17Cl3F3N3O2. The molecule has 0 aliphatic heterocycles. The van der Waals surface area contributed by atoms with E-state index < -0.39 is 23.8 Å². The lowest BCUT2D eigenvalue weighted by molar-refractivity contribution is -0.137. The molecule has 190 valence electrons. The van der Waals surface area contributed by atoms with Crippen LogP contribution in [0.3, 0.4) is 0 Å². The van der Waals surface area contributed by atoms with Crippen molar-refractivity contribution in [2.45, 2.75) is 18.8 Å². The molecule has 11 heteroatoms. The number of aromatic nitrogens is 2. The van der Waals surface area contributed by atoms with Crippen molar-refractivity contribution in [3.63, 3.8) is 0 Å². The highest BCUT2D eigenvalue weighted by atomic mass is 35.5. The molecule has 37 heavy (non-hydrogen) atoms. The number of hydrogen-bond donors (Lipinski definition) is 1. The van der Waals surface area contributed by atoms with Gasteiger partial charge in [0.25, 0.3) is 5.91 Å². The van der Waals surface area contributed by atoms with E-state index in [1.165, 1.54) is 24.5 Å². The molecule has 1 amide bonds. The fraction of sp³-hybridized carbons (Fsp3) is 0.115. The molecule has 0 aliphatic carbocycles. The summed E-state index contributed by atoms with van der Waals surface area (Å²) >= 11 is 18.5. The van der Waals surface area contributed by atoms with Crippen LogP contribution < -0.4 is 10.1 Å². The fourth-order valence-corrected chi connectivity index (χ4v) is 3.99. The van der Waals surface area contributed by atoms with Crippen molar-refractivity contribution < 1.29 is 22.7 Å². The molecule has 1 unspecified atom stereocenters. The van der Waals surface area contributed by atoms with Gasteiger partial charge in [-0.15, -0.1) is 0 Å². The first kappa shape index (κ1) is 26.7. The second-order valence-electron chi connectivity index (χ2n) is 7.85. The third-order valence-corrected chi connectivity index (χ3v) is 6.08. The zero-order valence-electron chi connectivity index (χ0n) is 18.8. The molecule has 0 bridgehead atoms. The molecule has 4 rings (SSSR count). The van der Waals surface area contributed by atoms with Gasteiger partial charge in [0.15, 0.2) is 6.10 Å². The van der Waals surface area contributed by atoms with Crippen molar-refractivity contribution >= 4 is 40.7 Å². The fourth-order valence-electron chi connectivity index (χ4n) is 3.36. The van der Waals surface area contributed by atoms with Gasteiger partial charge in [-0.2, -0.15) is 13.2 Å². The number of nitrogens with zero attached hydrogens (tertiary/aromatic N) is 2. The van der Waals surface area contributed by atoms with Crippen molar-refractivity contribution in [2.24, 2.45) is 0 Å². The zero-order valence-corrected chi connectivity index (χ0v) is 21.0. The van der Waals surface area contributed by atoms with Crippen LogP contribution in [0, 0.1) is 0 Å². The Kier molecular flexibility index (Phi) is 8.22. The topological polar surface area (TPSA) is 64.1 Å². The number of carbonyl (C=O) groups excluding carboxylic acids is 1. The van der Waals surface area contributed by atoms with E-state index >= 15 is 0 Å². The number of nitrogens with one attached hydrogen (secondary N) is 1. The third kappa shape index (κ3) is 6.91. The Labute approximate surface area is 225 Å². The van der Waals surface area contributed by atoms with Gasteiger partial charge in [0, 0.05) is 39.6 Å². The maximum atomic E-state index is 12.7. The minimum atomic E-state index is -4.42. The zero-order chi connectivity index (χ0) is 26.6. The summed E-state index contributed by atoms with van der Waals surface area (Å²) in [6, 6.07) is 16.5. The predicted octanol–water partition coefficient (Wildman–Crippen LogP) is 7.55. The number of amides is 1. The van der Waals surface area contributed by atoms with Crippen LogP contribution in [0.15, 0.2) is 79.1 Å². The van der Waals surface area contributed by atoms with Crippen LogP contribution >= 0.6 is 34.8 Å². The number of ether oxygens (including phenoxy) is 1. The Morgan fingerprint density at radius 2 is 1.51 bits per heavy atom. The third-order valence-electron chi connectivity index (χ3n) is 5.27. The number of alkyl halides is 3. The van der Waals surface area contributed by atoms with E-state index in [4.69, 9.17) is 39.5 Å². The Balaban J connectivity index is 1.46. The van der Waals surface area contributed by atoms with Gasteiger partial charge in [-0.3, -0.25) is 4.79 Å². The van der Waals surface area contributed by atoms with Crippen molar-refractivity contribution in [3.05, 3.63) is 122 Å². The molecule has 0 spiro atoms. The van der Waals surface area contributed by atoms with Gasteiger partial charge in [-0.1, -0.05) is 65.1 Å². The molecule has 1 aromatic heterocycles. The average Bonchev–Trinajstić information content (AvgIpc) is 2.87. The van der Waals surface area contributed by atoms with E-state index in [2.05, 4.69) is 15.3 Å². The van der Waals surface area contributed by atoms with Crippen LogP contribution in [0.4, 0.5) is 13.2 Å². The van der Waals surface area contributed by atoms with Crippen molar-refractivity contribution in [3.8, 4) is 6.01 Å². The van der Waals surface area contributed by atoms with Crippen molar-refractivity contribution in [2.75, 3.05) is 0 Å². The monoisotopic (exact) mass is 565 g/mol. The quantitative estimate of drug-likeness (QED) is 0.251. The molecule has 3 aromatic carbocycles. The number of hydrogen-bond acceptors (Lipinski definition) is 4.